The lowest BCUT2D eigenvalue weighted by atomic mass is 10.5. The first kappa shape index (κ1) is 21.1. The van der Waals surface area contributed by atoms with Gasteiger partial charge >= 0.3 is 17.9 Å². The number of hydrogen-bond donors (Lipinski definition) is 4. The average molecular weight is 328 g/mol. The van der Waals surface area contributed by atoms with E-state index in [4.69, 9.17) is 10.2 Å². The highest BCUT2D eigenvalue weighted by molar-refractivity contribution is 7.81. The molecule has 0 heterocycles. The SMILES string of the molecule is COC(=O)C(=COC(=O)CS)OC(=O)CS.OCCO. The molecule has 0 aliphatic heterocycles. The lowest BCUT2D eigenvalue weighted by Gasteiger charge is -2.05. The molecule has 0 unspecified atom stereocenters. The van der Waals surface area contributed by atoms with Crippen molar-refractivity contribution >= 4 is 43.2 Å². The summed E-state index contributed by atoms with van der Waals surface area (Å²) in [6.45, 7) is -0.250. The second kappa shape index (κ2) is 14.2. The molecule has 0 atom stereocenters. The maximum absolute atomic E-state index is 11.1. The van der Waals surface area contributed by atoms with Crippen LogP contribution in [0.2, 0.25) is 0 Å². The number of aliphatic hydroxyl groups excluding tert-OH is 2. The quantitative estimate of drug-likeness (QED) is 0.160. The van der Waals surface area contributed by atoms with Gasteiger partial charge in [0.15, 0.2) is 0 Å². The first-order valence-corrected chi connectivity index (χ1v) is 6.35. The van der Waals surface area contributed by atoms with Crippen LogP contribution in [-0.2, 0) is 28.6 Å². The van der Waals surface area contributed by atoms with E-state index in [1.165, 1.54) is 0 Å². The summed E-state index contributed by atoms with van der Waals surface area (Å²) in [5, 5.41) is 15.2. The third-order valence-corrected chi connectivity index (χ3v) is 1.78. The molecule has 116 valence electrons. The molecule has 0 aliphatic carbocycles. The largest absolute Gasteiger partial charge is 0.463 e. The van der Waals surface area contributed by atoms with Gasteiger partial charge in [0, 0.05) is 0 Å². The van der Waals surface area contributed by atoms with Gasteiger partial charge in [-0.25, -0.2) is 4.79 Å². The number of rotatable bonds is 6. The summed E-state index contributed by atoms with van der Waals surface area (Å²) in [7, 11) is 1.09. The molecule has 0 saturated carbocycles. The highest BCUT2D eigenvalue weighted by Gasteiger charge is 2.16. The summed E-state index contributed by atoms with van der Waals surface area (Å²) >= 11 is 7.28. The van der Waals surface area contributed by atoms with Crippen LogP contribution in [0.25, 0.3) is 0 Å². The minimum absolute atomic E-state index is 0.125. The van der Waals surface area contributed by atoms with Crippen molar-refractivity contribution in [1.82, 2.24) is 0 Å². The van der Waals surface area contributed by atoms with Gasteiger partial charge in [0.2, 0.25) is 0 Å². The van der Waals surface area contributed by atoms with E-state index in [1.54, 1.807) is 0 Å². The molecule has 0 fully saturated rings. The molecule has 0 radical (unpaired) electrons. The second-order valence-electron chi connectivity index (χ2n) is 2.70. The van der Waals surface area contributed by atoms with Crippen molar-refractivity contribution < 1.29 is 38.8 Å². The van der Waals surface area contributed by atoms with E-state index in [9.17, 15) is 14.4 Å². The molecule has 0 rings (SSSR count). The third kappa shape index (κ3) is 11.8. The maximum Gasteiger partial charge on any atom is 0.377 e. The van der Waals surface area contributed by atoms with E-state index in [0.29, 0.717) is 6.26 Å². The van der Waals surface area contributed by atoms with Gasteiger partial charge in [-0.05, 0) is 0 Å². The molecule has 0 aromatic carbocycles. The van der Waals surface area contributed by atoms with Gasteiger partial charge < -0.3 is 24.4 Å². The van der Waals surface area contributed by atoms with E-state index < -0.39 is 23.7 Å². The predicted molar refractivity (Wildman–Crippen MR) is 74.2 cm³/mol. The fourth-order valence-electron chi connectivity index (χ4n) is 0.526. The molecular weight excluding hydrogens is 312 g/mol. The molecule has 20 heavy (non-hydrogen) atoms. The van der Waals surface area contributed by atoms with Crippen molar-refractivity contribution in [3.05, 3.63) is 12.0 Å². The van der Waals surface area contributed by atoms with Crippen molar-refractivity contribution in [3.63, 3.8) is 0 Å². The fourth-order valence-corrected chi connectivity index (χ4v) is 0.665. The zero-order chi connectivity index (χ0) is 16.0. The Balaban J connectivity index is 0. The third-order valence-electron chi connectivity index (χ3n) is 1.27. The minimum Gasteiger partial charge on any atom is -0.463 e. The number of aliphatic hydroxyl groups is 2. The van der Waals surface area contributed by atoms with E-state index in [2.05, 4.69) is 39.5 Å². The number of hydrogen-bond acceptors (Lipinski definition) is 10. The standard InChI is InChI=1S/C8H10O6S2.C2H6O2/c1-12-8(11)5(14-7(10)4-16)2-13-6(9)3-15;3-1-2-4/h2,15-16H,3-4H2,1H3;3-4H,1-2H2. The minimum atomic E-state index is -0.943. The topological polar surface area (TPSA) is 119 Å². The lowest BCUT2D eigenvalue weighted by molar-refractivity contribution is -0.149. The smallest absolute Gasteiger partial charge is 0.377 e. The fraction of sp³-hybridized carbons (Fsp3) is 0.500. The zero-order valence-corrected chi connectivity index (χ0v) is 12.4. The summed E-state index contributed by atoms with van der Waals surface area (Å²) < 4.78 is 13.3. The van der Waals surface area contributed by atoms with Gasteiger partial charge in [0.05, 0.1) is 31.8 Å². The van der Waals surface area contributed by atoms with Crippen LogP contribution in [0.3, 0.4) is 0 Å². The Hall–Kier alpha value is -1.23. The summed E-state index contributed by atoms with van der Waals surface area (Å²) in [4.78, 5) is 32.6. The van der Waals surface area contributed by atoms with Gasteiger partial charge in [0.25, 0.3) is 5.76 Å². The van der Waals surface area contributed by atoms with Crippen LogP contribution in [0.4, 0.5) is 0 Å². The highest BCUT2D eigenvalue weighted by Crippen LogP contribution is 2.03. The number of carbonyl (C=O) groups excluding carboxylic acids is 3. The van der Waals surface area contributed by atoms with Gasteiger partial charge in [-0.1, -0.05) is 0 Å². The Morgan fingerprint density at radius 3 is 1.90 bits per heavy atom. The molecule has 2 N–H and O–H groups in total. The Labute approximate surface area is 126 Å². The van der Waals surface area contributed by atoms with E-state index in [0.717, 1.165) is 7.11 Å². The summed E-state index contributed by atoms with van der Waals surface area (Å²) in [6.07, 6.45) is 0.686. The normalized spacial score (nSPS) is 9.95. The number of esters is 3. The second-order valence-corrected chi connectivity index (χ2v) is 3.33. The number of thiol groups is 2. The van der Waals surface area contributed by atoms with Gasteiger partial charge in [-0.3, -0.25) is 9.59 Å². The Morgan fingerprint density at radius 2 is 1.55 bits per heavy atom. The molecule has 0 bridgehead atoms. The van der Waals surface area contributed by atoms with E-state index in [1.807, 2.05) is 0 Å². The molecule has 0 aromatic rings. The summed E-state index contributed by atoms with van der Waals surface area (Å²) in [5.41, 5.74) is 0. The van der Waals surface area contributed by atoms with E-state index in [-0.39, 0.29) is 24.7 Å². The van der Waals surface area contributed by atoms with Crippen LogP contribution in [0.5, 0.6) is 0 Å². The molecule has 8 nitrogen and oxygen atoms in total. The van der Waals surface area contributed by atoms with Crippen molar-refractivity contribution in [1.29, 1.82) is 0 Å². The summed E-state index contributed by atoms with van der Waals surface area (Å²) in [5.74, 6) is -3.35. The van der Waals surface area contributed by atoms with Crippen molar-refractivity contribution in [2.24, 2.45) is 0 Å². The molecule has 0 amide bonds. The van der Waals surface area contributed by atoms with Crippen LogP contribution in [-0.4, -0.2) is 60.0 Å². The van der Waals surface area contributed by atoms with Crippen molar-refractivity contribution in [2.75, 3.05) is 31.8 Å². The Morgan fingerprint density at radius 1 is 1.05 bits per heavy atom. The van der Waals surface area contributed by atoms with Gasteiger partial charge in [0.1, 0.15) is 6.26 Å². The summed E-state index contributed by atoms with van der Waals surface area (Å²) in [6, 6.07) is 0. The molecule has 0 saturated heterocycles. The van der Waals surface area contributed by atoms with Crippen LogP contribution < -0.4 is 0 Å². The molecule has 0 aromatic heterocycles. The number of ether oxygens (including phenoxy) is 3. The Bertz CT molecular complexity index is 340. The monoisotopic (exact) mass is 328 g/mol. The zero-order valence-electron chi connectivity index (χ0n) is 10.6. The lowest BCUT2D eigenvalue weighted by Crippen LogP contribution is -2.15. The van der Waals surface area contributed by atoms with Crippen LogP contribution in [0.1, 0.15) is 0 Å². The van der Waals surface area contributed by atoms with Gasteiger partial charge in [-0.15, -0.1) is 0 Å². The van der Waals surface area contributed by atoms with E-state index >= 15 is 0 Å². The average Bonchev–Trinajstić information content (AvgIpc) is 2.49. The predicted octanol–water partition coefficient (Wildman–Crippen LogP) is -1.08. The highest BCUT2D eigenvalue weighted by atomic mass is 32.1. The van der Waals surface area contributed by atoms with Crippen LogP contribution in [0, 0.1) is 0 Å². The first-order valence-electron chi connectivity index (χ1n) is 5.08. The van der Waals surface area contributed by atoms with Crippen LogP contribution in [0.15, 0.2) is 12.0 Å². The maximum atomic E-state index is 11.1. The van der Waals surface area contributed by atoms with Crippen molar-refractivity contribution in [3.8, 4) is 0 Å². The molecule has 0 aliphatic rings. The number of methoxy groups -OCH3 is 1. The molecule has 0 spiro atoms. The van der Waals surface area contributed by atoms with Gasteiger partial charge in [-0.2, -0.15) is 25.3 Å². The first-order chi connectivity index (χ1) is 9.46. The number of carbonyl (C=O) groups is 3. The van der Waals surface area contributed by atoms with Crippen molar-refractivity contribution in [2.45, 2.75) is 0 Å². The molecule has 10 heteroatoms. The Kier molecular flexibility index (Phi) is 14.9. The van der Waals surface area contributed by atoms with Crippen LogP contribution >= 0.6 is 25.3 Å². The molecular formula is C10H16O8S2.